The lowest BCUT2D eigenvalue weighted by Crippen LogP contribution is -2.23. The number of nitrogens with zero attached hydrogens (tertiary/aromatic N) is 1. The van der Waals surface area contributed by atoms with E-state index in [9.17, 15) is 9.59 Å². The van der Waals surface area contributed by atoms with E-state index in [1.165, 1.54) is 14.2 Å². The van der Waals surface area contributed by atoms with E-state index in [0.29, 0.717) is 29.2 Å². The van der Waals surface area contributed by atoms with E-state index in [1.807, 2.05) is 12.1 Å². The van der Waals surface area contributed by atoms with Crippen LogP contribution in [0.1, 0.15) is 23.2 Å². The van der Waals surface area contributed by atoms with Crippen LogP contribution in [-0.4, -0.2) is 32.6 Å². The van der Waals surface area contributed by atoms with Gasteiger partial charge in [0.1, 0.15) is 0 Å². The lowest BCUT2D eigenvalue weighted by molar-refractivity contribution is -0.117. The number of carbonyl (C=O) groups is 2. The number of methoxy groups -OCH3 is 2. The number of rotatable bonds is 5. The smallest absolute Gasteiger partial charge is 0.259 e. The third-order valence-electron chi connectivity index (χ3n) is 4.16. The standard InChI is InChI=1S/C19H20N2O4/c1-24-16-6-3-5-15(18(16)25-2)19(23)20-13-8-10-14(11-9-13)21-12-4-7-17(21)22/h3,5-6,8-11H,4,7,12H2,1-2H3,(H,20,23). The van der Waals surface area contributed by atoms with Crippen LogP contribution in [-0.2, 0) is 4.79 Å². The van der Waals surface area contributed by atoms with Gasteiger partial charge in [-0.15, -0.1) is 0 Å². The van der Waals surface area contributed by atoms with Crippen LogP contribution in [0.5, 0.6) is 11.5 Å². The summed E-state index contributed by atoms with van der Waals surface area (Å²) in [5.41, 5.74) is 1.88. The molecule has 130 valence electrons. The Morgan fingerprint density at radius 1 is 1.08 bits per heavy atom. The molecule has 0 saturated carbocycles. The van der Waals surface area contributed by atoms with Crippen molar-refractivity contribution in [1.29, 1.82) is 0 Å². The molecule has 0 radical (unpaired) electrons. The van der Waals surface area contributed by atoms with E-state index in [1.54, 1.807) is 35.2 Å². The summed E-state index contributed by atoms with van der Waals surface area (Å²) in [6.45, 7) is 0.742. The van der Waals surface area contributed by atoms with Gasteiger partial charge in [0.05, 0.1) is 19.8 Å². The Balaban J connectivity index is 1.76. The molecule has 6 nitrogen and oxygen atoms in total. The fraction of sp³-hybridized carbons (Fsp3) is 0.263. The zero-order valence-electron chi connectivity index (χ0n) is 14.2. The summed E-state index contributed by atoms with van der Waals surface area (Å²) >= 11 is 0. The number of para-hydroxylation sites is 1. The molecule has 0 bridgehead atoms. The average molecular weight is 340 g/mol. The van der Waals surface area contributed by atoms with Gasteiger partial charge in [-0.25, -0.2) is 0 Å². The zero-order chi connectivity index (χ0) is 17.8. The molecule has 0 spiro atoms. The molecule has 0 unspecified atom stereocenters. The lowest BCUT2D eigenvalue weighted by Gasteiger charge is -2.16. The van der Waals surface area contributed by atoms with Gasteiger partial charge in [-0.05, 0) is 42.8 Å². The van der Waals surface area contributed by atoms with Gasteiger partial charge in [-0.2, -0.15) is 0 Å². The summed E-state index contributed by atoms with van der Waals surface area (Å²) in [4.78, 5) is 26.1. The van der Waals surface area contributed by atoms with Crippen LogP contribution in [0.2, 0.25) is 0 Å². The van der Waals surface area contributed by atoms with Crippen molar-refractivity contribution in [3.63, 3.8) is 0 Å². The first kappa shape index (κ1) is 16.8. The van der Waals surface area contributed by atoms with Gasteiger partial charge < -0.3 is 19.7 Å². The summed E-state index contributed by atoms with van der Waals surface area (Å²) in [5, 5.41) is 2.84. The van der Waals surface area contributed by atoms with Crippen LogP contribution < -0.4 is 19.7 Å². The molecule has 2 amide bonds. The van der Waals surface area contributed by atoms with Crippen LogP contribution in [0.3, 0.4) is 0 Å². The first-order chi connectivity index (χ1) is 12.1. The summed E-state index contributed by atoms with van der Waals surface area (Å²) < 4.78 is 10.5. The molecule has 0 aromatic heterocycles. The van der Waals surface area contributed by atoms with Gasteiger partial charge in [-0.1, -0.05) is 6.07 Å². The van der Waals surface area contributed by atoms with Gasteiger partial charge in [0.25, 0.3) is 5.91 Å². The first-order valence-electron chi connectivity index (χ1n) is 8.07. The molecule has 1 heterocycles. The second kappa shape index (κ2) is 7.25. The minimum atomic E-state index is -0.291. The van der Waals surface area contributed by atoms with E-state index in [0.717, 1.165) is 18.7 Å². The highest BCUT2D eigenvalue weighted by atomic mass is 16.5. The highest BCUT2D eigenvalue weighted by Crippen LogP contribution is 2.31. The molecule has 2 aromatic rings. The fourth-order valence-corrected chi connectivity index (χ4v) is 2.91. The van der Waals surface area contributed by atoms with Crippen molar-refractivity contribution in [1.82, 2.24) is 0 Å². The molecule has 0 aliphatic carbocycles. The molecule has 1 N–H and O–H groups in total. The number of anilines is 2. The van der Waals surface area contributed by atoms with Crippen molar-refractivity contribution in [3.8, 4) is 11.5 Å². The molecule has 1 aliphatic rings. The van der Waals surface area contributed by atoms with Gasteiger partial charge in [-0.3, -0.25) is 9.59 Å². The molecule has 25 heavy (non-hydrogen) atoms. The van der Waals surface area contributed by atoms with E-state index in [4.69, 9.17) is 9.47 Å². The Labute approximate surface area is 146 Å². The topological polar surface area (TPSA) is 67.9 Å². The van der Waals surface area contributed by atoms with E-state index in [2.05, 4.69) is 5.32 Å². The van der Waals surface area contributed by atoms with Crippen molar-refractivity contribution in [2.45, 2.75) is 12.8 Å². The van der Waals surface area contributed by atoms with Gasteiger partial charge >= 0.3 is 0 Å². The summed E-state index contributed by atoms with van der Waals surface area (Å²) in [7, 11) is 3.02. The Bertz CT molecular complexity index is 787. The number of benzene rings is 2. The molecule has 2 aromatic carbocycles. The largest absolute Gasteiger partial charge is 0.493 e. The van der Waals surface area contributed by atoms with E-state index in [-0.39, 0.29) is 11.8 Å². The van der Waals surface area contributed by atoms with Crippen molar-refractivity contribution in [2.24, 2.45) is 0 Å². The Morgan fingerprint density at radius 2 is 1.84 bits per heavy atom. The van der Waals surface area contributed by atoms with Crippen molar-refractivity contribution >= 4 is 23.2 Å². The zero-order valence-corrected chi connectivity index (χ0v) is 14.2. The molecular formula is C19H20N2O4. The average Bonchev–Trinajstić information content (AvgIpc) is 3.07. The molecule has 3 rings (SSSR count). The molecule has 1 saturated heterocycles. The van der Waals surface area contributed by atoms with Crippen LogP contribution in [0.15, 0.2) is 42.5 Å². The summed E-state index contributed by atoms with van der Waals surface area (Å²) in [6.07, 6.45) is 1.47. The minimum Gasteiger partial charge on any atom is -0.493 e. The van der Waals surface area contributed by atoms with Gasteiger partial charge in [0.2, 0.25) is 5.91 Å². The highest BCUT2D eigenvalue weighted by Gasteiger charge is 2.21. The Morgan fingerprint density at radius 3 is 2.44 bits per heavy atom. The fourth-order valence-electron chi connectivity index (χ4n) is 2.91. The lowest BCUT2D eigenvalue weighted by atomic mass is 10.1. The minimum absolute atomic E-state index is 0.137. The first-order valence-corrected chi connectivity index (χ1v) is 8.07. The number of amides is 2. The van der Waals surface area contributed by atoms with Crippen molar-refractivity contribution in [2.75, 3.05) is 31.0 Å². The van der Waals surface area contributed by atoms with Crippen molar-refractivity contribution < 1.29 is 19.1 Å². The van der Waals surface area contributed by atoms with E-state index >= 15 is 0 Å². The molecule has 6 heteroatoms. The van der Waals surface area contributed by atoms with Crippen LogP contribution >= 0.6 is 0 Å². The maximum atomic E-state index is 12.5. The second-order valence-corrected chi connectivity index (χ2v) is 5.69. The summed E-state index contributed by atoms with van der Waals surface area (Å²) in [5.74, 6) is 0.735. The number of carbonyl (C=O) groups excluding carboxylic acids is 2. The molecule has 1 fully saturated rings. The molecule has 0 atom stereocenters. The van der Waals surface area contributed by atoms with Gasteiger partial charge in [0.15, 0.2) is 11.5 Å². The van der Waals surface area contributed by atoms with Crippen LogP contribution in [0, 0.1) is 0 Å². The summed E-state index contributed by atoms with van der Waals surface area (Å²) in [6, 6.07) is 12.4. The number of nitrogens with one attached hydrogen (secondary N) is 1. The monoisotopic (exact) mass is 340 g/mol. The molecule has 1 aliphatic heterocycles. The van der Waals surface area contributed by atoms with Crippen LogP contribution in [0.4, 0.5) is 11.4 Å². The molecular weight excluding hydrogens is 320 g/mol. The van der Waals surface area contributed by atoms with Gasteiger partial charge in [0, 0.05) is 24.3 Å². The quantitative estimate of drug-likeness (QED) is 0.908. The van der Waals surface area contributed by atoms with Crippen molar-refractivity contribution in [3.05, 3.63) is 48.0 Å². The Kier molecular flexibility index (Phi) is 4.88. The normalized spacial score (nSPS) is 13.7. The van der Waals surface area contributed by atoms with E-state index < -0.39 is 0 Å². The maximum absolute atomic E-state index is 12.5. The maximum Gasteiger partial charge on any atom is 0.259 e. The third kappa shape index (κ3) is 3.42. The third-order valence-corrected chi connectivity index (χ3v) is 4.16. The predicted molar refractivity (Wildman–Crippen MR) is 95.5 cm³/mol. The number of hydrogen-bond acceptors (Lipinski definition) is 4. The number of hydrogen-bond donors (Lipinski definition) is 1. The second-order valence-electron chi connectivity index (χ2n) is 5.69. The highest BCUT2D eigenvalue weighted by molar-refractivity contribution is 6.07. The Hall–Kier alpha value is -3.02. The SMILES string of the molecule is COc1cccc(C(=O)Nc2ccc(N3CCCC3=O)cc2)c1OC. The predicted octanol–water partition coefficient (Wildman–Crippen LogP) is 3.08. The number of ether oxygens (including phenoxy) is 2. The van der Waals surface area contributed by atoms with Crippen LogP contribution in [0.25, 0.3) is 0 Å².